The minimum atomic E-state index is 0.692. The lowest BCUT2D eigenvalue weighted by Crippen LogP contribution is -1.94. The van der Waals surface area contributed by atoms with Crippen molar-refractivity contribution in [3.05, 3.63) is 30.0 Å². The third-order valence-electron chi connectivity index (χ3n) is 2.97. The minimum absolute atomic E-state index is 0.692. The molecule has 4 nitrogen and oxygen atoms in total. The molecule has 0 unspecified atom stereocenters. The van der Waals surface area contributed by atoms with Crippen LogP contribution in [0, 0.1) is 0 Å². The van der Waals surface area contributed by atoms with Crippen LogP contribution in [-0.4, -0.2) is 15.0 Å². The SMILES string of the molecule is Cn1ncc(-c2cc(N)ccc2C2CC2)n1. The van der Waals surface area contributed by atoms with Gasteiger partial charge in [0, 0.05) is 18.3 Å². The maximum absolute atomic E-state index is 5.84. The Balaban J connectivity index is 2.13. The minimum Gasteiger partial charge on any atom is -0.399 e. The first-order chi connectivity index (χ1) is 7.74. The van der Waals surface area contributed by atoms with E-state index in [1.807, 2.05) is 19.2 Å². The van der Waals surface area contributed by atoms with Crippen LogP contribution in [0.5, 0.6) is 0 Å². The van der Waals surface area contributed by atoms with Crippen LogP contribution in [0.4, 0.5) is 5.69 Å². The van der Waals surface area contributed by atoms with Gasteiger partial charge in [0.25, 0.3) is 0 Å². The molecule has 0 atom stereocenters. The summed E-state index contributed by atoms with van der Waals surface area (Å²) >= 11 is 0. The summed E-state index contributed by atoms with van der Waals surface area (Å²) in [5.74, 6) is 0.692. The average Bonchev–Trinajstić information content (AvgIpc) is 3.01. The number of aryl methyl sites for hydroxylation is 1. The van der Waals surface area contributed by atoms with Crippen LogP contribution in [0.1, 0.15) is 24.3 Å². The number of nitrogen functional groups attached to an aromatic ring is 1. The van der Waals surface area contributed by atoms with Crippen molar-refractivity contribution in [2.24, 2.45) is 7.05 Å². The van der Waals surface area contributed by atoms with Crippen LogP contribution in [0.25, 0.3) is 11.3 Å². The molecule has 4 heteroatoms. The zero-order valence-electron chi connectivity index (χ0n) is 9.22. The fraction of sp³-hybridized carbons (Fsp3) is 0.333. The van der Waals surface area contributed by atoms with Gasteiger partial charge in [-0.25, -0.2) is 0 Å². The van der Waals surface area contributed by atoms with Crippen molar-refractivity contribution in [1.29, 1.82) is 0 Å². The van der Waals surface area contributed by atoms with Crippen molar-refractivity contribution in [1.82, 2.24) is 15.0 Å². The summed E-state index contributed by atoms with van der Waals surface area (Å²) in [6, 6.07) is 6.09. The molecule has 1 aromatic heterocycles. The Kier molecular flexibility index (Phi) is 1.96. The molecule has 1 aromatic carbocycles. The zero-order chi connectivity index (χ0) is 11.1. The summed E-state index contributed by atoms with van der Waals surface area (Å²) < 4.78 is 0. The summed E-state index contributed by atoms with van der Waals surface area (Å²) in [7, 11) is 1.83. The molecule has 3 rings (SSSR count). The van der Waals surface area contributed by atoms with Crippen molar-refractivity contribution in [3.63, 3.8) is 0 Å². The Morgan fingerprint density at radius 1 is 1.38 bits per heavy atom. The summed E-state index contributed by atoms with van der Waals surface area (Å²) in [5.41, 5.74) is 10.0. The second-order valence-electron chi connectivity index (χ2n) is 4.34. The second-order valence-corrected chi connectivity index (χ2v) is 4.34. The lowest BCUT2D eigenvalue weighted by atomic mass is 10.0. The first-order valence-corrected chi connectivity index (χ1v) is 5.50. The van der Waals surface area contributed by atoms with Crippen LogP contribution in [0.3, 0.4) is 0 Å². The molecule has 82 valence electrons. The Labute approximate surface area is 94.1 Å². The molecular formula is C12H14N4. The van der Waals surface area contributed by atoms with Gasteiger partial charge in [0.15, 0.2) is 0 Å². The Morgan fingerprint density at radius 3 is 2.81 bits per heavy atom. The van der Waals surface area contributed by atoms with Crippen molar-refractivity contribution >= 4 is 5.69 Å². The summed E-state index contributed by atoms with van der Waals surface area (Å²) in [6.07, 6.45) is 4.34. The van der Waals surface area contributed by atoms with Gasteiger partial charge in [-0.15, -0.1) is 0 Å². The van der Waals surface area contributed by atoms with E-state index in [4.69, 9.17) is 5.73 Å². The number of rotatable bonds is 2. The number of anilines is 1. The number of aromatic nitrogens is 3. The second kappa shape index (κ2) is 3.33. The van der Waals surface area contributed by atoms with Crippen LogP contribution in [0.2, 0.25) is 0 Å². The van der Waals surface area contributed by atoms with Gasteiger partial charge in [-0.1, -0.05) is 6.07 Å². The average molecular weight is 214 g/mol. The lowest BCUT2D eigenvalue weighted by Gasteiger charge is -2.06. The van der Waals surface area contributed by atoms with Crippen LogP contribution < -0.4 is 5.73 Å². The number of hydrogen-bond donors (Lipinski definition) is 1. The van der Waals surface area contributed by atoms with Crippen molar-refractivity contribution < 1.29 is 0 Å². The van der Waals surface area contributed by atoms with Gasteiger partial charge in [0.1, 0.15) is 5.69 Å². The molecule has 2 N–H and O–H groups in total. The van der Waals surface area contributed by atoms with Gasteiger partial charge in [0.2, 0.25) is 0 Å². The summed E-state index contributed by atoms with van der Waals surface area (Å²) in [4.78, 5) is 1.58. The molecule has 1 aliphatic rings. The molecule has 0 saturated heterocycles. The van der Waals surface area contributed by atoms with E-state index >= 15 is 0 Å². The quantitative estimate of drug-likeness (QED) is 0.777. The number of hydrogen-bond acceptors (Lipinski definition) is 3. The van der Waals surface area contributed by atoms with Gasteiger partial charge >= 0.3 is 0 Å². The largest absolute Gasteiger partial charge is 0.399 e. The van der Waals surface area contributed by atoms with E-state index in [0.29, 0.717) is 5.92 Å². The molecular weight excluding hydrogens is 200 g/mol. The van der Waals surface area contributed by atoms with E-state index in [0.717, 1.165) is 16.9 Å². The fourth-order valence-corrected chi connectivity index (χ4v) is 2.02. The predicted octanol–water partition coefficient (Wildman–Crippen LogP) is 1.94. The van der Waals surface area contributed by atoms with E-state index < -0.39 is 0 Å². The van der Waals surface area contributed by atoms with E-state index in [1.54, 1.807) is 11.0 Å². The summed E-state index contributed by atoms with van der Waals surface area (Å²) in [6.45, 7) is 0. The third-order valence-corrected chi connectivity index (χ3v) is 2.97. The molecule has 16 heavy (non-hydrogen) atoms. The van der Waals surface area contributed by atoms with Gasteiger partial charge in [-0.05, 0) is 36.5 Å². The Hall–Kier alpha value is -1.84. The molecule has 0 spiro atoms. The standard InChI is InChI=1S/C12H14N4/c1-16-14-7-12(15-16)11-6-9(13)4-5-10(11)8-2-3-8/h4-8H,2-3,13H2,1H3. The Bertz CT molecular complexity index is 526. The zero-order valence-corrected chi connectivity index (χ0v) is 9.22. The van der Waals surface area contributed by atoms with Crippen LogP contribution >= 0.6 is 0 Å². The molecule has 1 fully saturated rings. The smallest absolute Gasteiger partial charge is 0.113 e. The maximum atomic E-state index is 5.84. The maximum Gasteiger partial charge on any atom is 0.113 e. The fourth-order valence-electron chi connectivity index (χ4n) is 2.02. The lowest BCUT2D eigenvalue weighted by molar-refractivity contribution is 0.655. The van der Waals surface area contributed by atoms with Gasteiger partial charge in [-0.3, -0.25) is 0 Å². The molecule has 1 saturated carbocycles. The highest BCUT2D eigenvalue weighted by Crippen LogP contribution is 2.44. The molecule has 0 amide bonds. The van der Waals surface area contributed by atoms with E-state index in [2.05, 4.69) is 16.3 Å². The topological polar surface area (TPSA) is 56.7 Å². The van der Waals surface area contributed by atoms with Crippen LogP contribution in [-0.2, 0) is 7.05 Å². The third kappa shape index (κ3) is 1.56. The highest BCUT2D eigenvalue weighted by atomic mass is 15.4. The number of benzene rings is 1. The Morgan fingerprint density at radius 2 is 2.19 bits per heavy atom. The summed E-state index contributed by atoms with van der Waals surface area (Å²) in [5, 5.41) is 8.45. The van der Waals surface area contributed by atoms with Crippen molar-refractivity contribution in [2.45, 2.75) is 18.8 Å². The van der Waals surface area contributed by atoms with E-state index in [9.17, 15) is 0 Å². The van der Waals surface area contributed by atoms with E-state index in [1.165, 1.54) is 18.4 Å². The molecule has 1 heterocycles. The van der Waals surface area contributed by atoms with Gasteiger partial charge in [-0.2, -0.15) is 15.0 Å². The first-order valence-electron chi connectivity index (χ1n) is 5.50. The van der Waals surface area contributed by atoms with Crippen molar-refractivity contribution in [3.8, 4) is 11.3 Å². The highest BCUT2D eigenvalue weighted by Gasteiger charge is 2.27. The normalized spacial score (nSPS) is 15.3. The molecule has 1 aliphatic carbocycles. The number of nitrogens with two attached hydrogens (primary N) is 1. The molecule has 0 aliphatic heterocycles. The predicted molar refractivity (Wildman–Crippen MR) is 62.8 cm³/mol. The van der Waals surface area contributed by atoms with Gasteiger partial charge < -0.3 is 5.73 Å². The van der Waals surface area contributed by atoms with Crippen molar-refractivity contribution in [2.75, 3.05) is 5.73 Å². The number of nitrogens with zero attached hydrogens (tertiary/aromatic N) is 3. The monoisotopic (exact) mass is 214 g/mol. The van der Waals surface area contributed by atoms with Crippen LogP contribution in [0.15, 0.2) is 24.4 Å². The van der Waals surface area contributed by atoms with E-state index in [-0.39, 0.29) is 0 Å². The molecule has 2 aromatic rings. The highest BCUT2D eigenvalue weighted by molar-refractivity contribution is 5.68. The molecule has 0 radical (unpaired) electrons. The van der Waals surface area contributed by atoms with Gasteiger partial charge in [0.05, 0.1) is 6.20 Å². The first kappa shape index (κ1) is 9.39. The molecule has 0 bridgehead atoms.